The molecule has 0 saturated carbocycles. The highest BCUT2D eigenvalue weighted by molar-refractivity contribution is 7.87. The van der Waals surface area contributed by atoms with Gasteiger partial charge in [0.1, 0.15) is 0 Å². The van der Waals surface area contributed by atoms with Crippen molar-refractivity contribution in [1.29, 1.82) is 0 Å². The highest BCUT2D eigenvalue weighted by Crippen LogP contribution is 2.17. The number of hydrogen-bond acceptors (Lipinski definition) is 3. The van der Waals surface area contributed by atoms with E-state index in [1.807, 2.05) is 6.92 Å². The summed E-state index contributed by atoms with van der Waals surface area (Å²) in [5.74, 6) is 0.974. The van der Waals surface area contributed by atoms with E-state index in [1.165, 1.54) is 0 Å². The van der Waals surface area contributed by atoms with Crippen molar-refractivity contribution in [3.8, 4) is 0 Å². The zero-order valence-corrected chi connectivity index (χ0v) is 10.9. The predicted molar refractivity (Wildman–Crippen MR) is 65.4 cm³/mol. The second-order valence-corrected chi connectivity index (χ2v) is 6.06. The molecule has 2 atom stereocenters. The fraction of sp³-hybridized carbons (Fsp3) is 1.00. The molecule has 16 heavy (non-hydrogen) atoms. The lowest BCUT2D eigenvalue weighted by atomic mass is 9.88. The van der Waals surface area contributed by atoms with E-state index in [9.17, 15) is 8.42 Å². The van der Waals surface area contributed by atoms with E-state index in [0.29, 0.717) is 24.9 Å². The summed E-state index contributed by atoms with van der Waals surface area (Å²) in [5, 5.41) is 3.30. The van der Waals surface area contributed by atoms with E-state index in [1.54, 1.807) is 0 Å². The topological polar surface area (TPSA) is 70.2 Å². The maximum Gasteiger partial charge on any atom is 0.276 e. The van der Waals surface area contributed by atoms with Crippen LogP contribution in [0.25, 0.3) is 0 Å². The lowest BCUT2D eigenvalue weighted by Crippen LogP contribution is -2.44. The molecule has 2 unspecified atom stereocenters. The summed E-state index contributed by atoms with van der Waals surface area (Å²) in [6.07, 6.45) is 1.85. The second-order valence-electron chi connectivity index (χ2n) is 4.48. The van der Waals surface area contributed by atoms with Crippen LogP contribution in [0.15, 0.2) is 0 Å². The van der Waals surface area contributed by atoms with E-state index in [-0.39, 0.29) is 0 Å². The van der Waals surface area contributed by atoms with E-state index < -0.39 is 10.2 Å². The molecular formula is C10H23N3O2S. The third kappa shape index (κ3) is 4.78. The summed E-state index contributed by atoms with van der Waals surface area (Å²) in [6, 6.07) is 0. The fourth-order valence-corrected chi connectivity index (χ4v) is 2.88. The van der Waals surface area contributed by atoms with E-state index >= 15 is 0 Å². The van der Waals surface area contributed by atoms with Gasteiger partial charge in [-0.1, -0.05) is 13.8 Å². The Morgan fingerprint density at radius 1 is 1.38 bits per heavy atom. The molecular weight excluding hydrogens is 226 g/mol. The van der Waals surface area contributed by atoms with E-state index in [0.717, 1.165) is 25.9 Å². The fourth-order valence-electron chi connectivity index (χ4n) is 1.88. The van der Waals surface area contributed by atoms with E-state index in [2.05, 4.69) is 21.7 Å². The largest absolute Gasteiger partial charge is 0.316 e. The molecule has 6 heteroatoms. The minimum absolute atomic E-state index is 0.444. The first kappa shape index (κ1) is 13.9. The molecule has 0 aliphatic carbocycles. The second kappa shape index (κ2) is 6.54. The van der Waals surface area contributed by atoms with Gasteiger partial charge in [-0.15, -0.1) is 0 Å². The summed E-state index contributed by atoms with van der Waals surface area (Å²) >= 11 is 0. The van der Waals surface area contributed by atoms with Gasteiger partial charge in [-0.05, 0) is 37.8 Å². The average molecular weight is 249 g/mol. The van der Waals surface area contributed by atoms with Crippen molar-refractivity contribution < 1.29 is 8.42 Å². The molecule has 0 aromatic heterocycles. The molecule has 0 aromatic rings. The highest BCUT2D eigenvalue weighted by atomic mass is 32.2. The summed E-state index contributed by atoms with van der Waals surface area (Å²) in [6.45, 7) is 7.11. The number of hydrogen-bond donors (Lipinski definition) is 3. The Morgan fingerprint density at radius 2 is 2.12 bits per heavy atom. The van der Waals surface area contributed by atoms with Crippen LogP contribution in [0.2, 0.25) is 0 Å². The third-order valence-electron chi connectivity index (χ3n) is 3.04. The van der Waals surface area contributed by atoms with Gasteiger partial charge in [-0.2, -0.15) is 8.42 Å². The Kier molecular flexibility index (Phi) is 5.68. The summed E-state index contributed by atoms with van der Waals surface area (Å²) in [5.41, 5.74) is 0. The van der Waals surface area contributed by atoms with Crippen molar-refractivity contribution >= 4 is 10.2 Å². The van der Waals surface area contributed by atoms with Crippen LogP contribution in [0.5, 0.6) is 0 Å². The first-order valence-corrected chi connectivity index (χ1v) is 7.48. The van der Waals surface area contributed by atoms with Gasteiger partial charge >= 0.3 is 0 Å². The summed E-state index contributed by atoms with van der Waals surface area (Å²) in [4.78, 5) is 0. The summed E-state index contributed by atoms with van der Waals surface area (Å²) < 4.78 is 28.1. The lowest BCUT2D eigenvalue weighted by Gasteiger charge is -2.29. The Bertz CT molecular complexity index is 292. The van der Waals surface area contributed by atoms with Crippen LogP contribution in [0, 0.1) is 11.8 Å². The SMILES string of the molecule is CCCNS(=O)(=O)NCC1CCNCC1C. The predicted octanol–water partition coefficient (Wildman–Crippen LogP) is 0.0660. The van der Waals surface area contributed by atoms with Crippen LogP contribution in [-0.2, 0) is 10.2 Å². The monoisotopic (exact) mass is 249 g/mol. The van der Waals surface area contributed by atoms with Crippen molar-refractivity contribution in [3.05, 3.63) is 0 Å². The van der Waals surface area contributed by atoms with Gasteiger partial charge in [0.2, 0.25) is 0 Å². The maximum absolute atomic E-state index is 11.5. The first-order chi connectivity index (χ1) is 7.55. The average Bonchev–Trinajstić information content (AvgIpc) is 2.26. The van der Waals surface area contributed by atoms with Crippen molar-refractivity contribution in [2.75, 3.05) is 26.2 Å². The maximum atomic E-state index is 11.5. The molecule has 0 radical (unpaired) electrons. The van der Waals surface area contributed by atoms with Gasteiger partial charge in [-0.25, -0.2) is 9.44 Å². The van der Waals surface area contributed by atoms with Crippen molar-refractivity contribution in [1.82, 2.24) is 14.8 Å². The standard InChI is InChI=1S/C10H23N3O2S/c1-3-5-12-16(14,15)13-8-10-4-6-11-7-9(10)2/h9-13H,3-8H2,1-2H3. The van der Waals surface area contributed by atoms with Gasteiger partial charge in [-0.3, -0.25) is 0 Å². The molecule has 0 aromatic carbocycles. The molecule has 1 saturated heterocycles. The van der Waals surface area contributed by atoms with Gasteiger partial charge in [0.05, 0.1) is 0 Å². The first-order valence-electron chi connectivity index (χ1n) is 6.00. The van der Waals surface area contributed by atoms with Crippen LogP contribution in [0.3, 0.4) is 0 Å². The lowest BCUT2D eigenvalue weighted by molar-refractivity contribution is 0.274. The van der Waals surface area contributed by atoms with Gasteiger partial charge in [0.15, 0.2) is 0 Å². The molecule has 1 heterocycles. The Hall–Kier alpha value is -0.170. The molecule has 3 N–H and O–H groups in total. The Labute approximate surface area is 98.6 Å². The minimum Gasteiger partial charge on any atom is -0.316 e. The molecule has 0 bridgehead atoms. The smallest absolute Gasteiger partial charge is 0.276 e. The third-order valence-corrected chi connectivity index (χ3v) is 4.17. The number of piperidine rings is 1. The molecule has 1 aliphatic heterocycles. The molecule has 1 rings (SSSR count). The normalized spacial score (nSPS) is 26.9. The van der Waals surface area contributed by atoms with Crippen LogP contribution in [0.4, 0.5) is 0 Å². The number of rotatable bonds is 6. The van der Waals surface area contributed by atoms with Crippen LogP contribution < -0.4 is 14.8 Å². The van der Waals surface area contributed by atoms with Crippen molar-refractivity contribution in [3.63, 3.8) is 0 Å². The number of nitrogens with one attached hydrogen (secondary N) is 3. The quantitative estimate of drug-likeness (QED) is 0.624. The molecule has 96 valence electrons. The van der Waals surface area contributed by atoms with Gasteiger partial charge < -0.3 is 5.32 Å². The minimum atomic E-state index is -3.29. The van der Waals surface area contributed by atoms with Crippen molar-refractivity contribution in [2.24, 2.45) is 11.8 Å². The van der Waals surface area contributed by atoms with Crippen LogP contribution in [0.1, 0.15) is 26.7 Å². The zero-order valence-electron chi connectivity index (χ0n) is 10.1. The molecule has 5 nitrogen and oxygen atoms in total. The molecule has 0 spiro atoms. The Morgan fingerprint density at radius 3 is 2.75 bits per heavy atom. The van der Waals surface area contributed by atoms with Crippen LogP contribution >= 0.6 is 0 Å². The van der Waals surface area contributed by atoms with Crippen molar-refractivity contribution in [2.45, 2.75) is 26.7 Å². The molecule has 0 amide bonds. The van der Waals surface area contributed by atoms with Crippen LogP contribution in [-0.4, -0.2) is 34.6 Å². The molecule has 1 aliphatic rings. The van der Waals surface area contributed by atoms with Gasteiger partial charge in [0, 0.05) is 13.1 Å². The van der Waals surface area contributed by atoms with E-state index in [4.69, 9.17) is 0 Å². The van der Waals surface area contributed by atoms with Gasteiger partial charge in [0.25, 0.3) is 10.2 Å². The highest BCUT2D eigenvalue weighted by Gasteiger charge is 2.22. The zero-order chi connectivity index (χ0) is 12.0. The molecule has 1 fully saturated rings. The Balaban J connectivity index is 2.32. The summed E-state index contributed by atoms with van der Waals surface area (Å²) in [7, 11) is -3.29.